The number of alkyl halides is 1. The maximum atomic E-state index is 11.5. The summed E-state index contributed by atoms with van der Waals surface area (Å²) in [6, 6.07) is 4.79. The number of methoxy groups -OCH3 is 1. The molecule has 5 heteroatoms. The van der Waals surface area contributed by atoms with Gasteiger partial charge in [0, 0.05) is 11.9 Å². The van der Waals surface area contributed by atoms with Crippen LogP contribution in [0.1, 0.15) is 10.4 Å². The van der Waals surface area contributed by atoms with Crippen LogP contribution >= 0.6 is 15.9 Å². The van der Waals surface area contributed by atoms with Crippen LogP contribution < -0.4 is 10.1 Å². The van der Waals surface area contributed by atoms with Crippen LogP contribution in [0.15, 0.2) is 18.2 Å². The van der Waals surface area contributed by atoms with Crippen LogP contribution in [0.2, 0.25) is 0 Å². The number of carbonyl (C=O) groups is 1. The maximum absolute atomic E-state index is 11.5. The molecule has 0 bridgehead atoms. The van der Waals surface area contributed by atoms with Crippen molar-refractivity contribution in [2.24, 2.45) is 0 Å². The number of hydrogen-bond donors (Lipinski definition) is 2. The van der Waals surface area contributed by atoms with Gasteiger partial charge < -0.3 is 15.2 Å². The van der Waals surface area contributed by atoms with Crippen molar-refractivity contribution in [2.45, 2.75) is 0 Å². The Hall–Kier alpha value is -1.23. The fraction of sp³-hybridized carbons (Fsp3) is 0.300. The van der Waals surface area contributed by atoms with Crippen LogP contribution in [-0.2, 0) is 0 Å². The summed E-state index contributed by atoms with van der Waals surface area (Å²) in [5, 5.41) is 13.0. The summed E-state index contributed by atoms with van der Waals surface area (Å²) in [7, 11) is 1.44. The number of aromatic hydroxyl groups is 1. The van der Waals surface area contributed by atoms with E-state index in [0.717, 1.165) is 0 Å². The number of phenolic OH excluding ortho intramolecular Hbond substituents is 1. The van der Waals surface area contributed by atoms with Crippen molar-refractivity contribution in [3.05, 3.63) is 23.8 Å². The Morgan fingerprint density at radius 3 is 2.93 bits per heavy atom. The van der Waals surface area contributed by atoms with Gasteiger partial charge in [0.15, 0.2) is 11.5 Å². The van der Waals surface area contributed by atoms with E-state index in [0.29, 0.717) is 17.6 Å². The van der Waals surface area contributed by atoms with E-state index in [4.69, 9.17) is 4.74 Å². The number of nitrogens with one attached hydrogen (secondary N) is 1. The Morgan fingerprint density at radius 1 is 1.60 bits per heavy atom. The molecule has 0 aromatic heterocycles. The van der Waals surface area contributed by atoms with Crippen molar-refractivity contribution in [3.63, 3.8) is 0 Å². The third kappa shape index (κ3) is 2.86. The van der Waals surface area contributed by atoms with E-state index in [1.54, 1.807) is 18.2 Å². The molecule has 0 spiro atoms. The van der Waals surface area contributed by atoms with E-state index in [2.05, 4.69) is 21.2 Å². The lowest BCUT2D eigenvalue weighted by molar-refractivity contribution is 0.0953. The Labute approximate surface area is 96.4 Å². The number of rotatable bonds is 4. The van der Waals surface area contributed by atoms with E-state index in [1.807, 2.05) is 0 Å². The predicted octanol–water partition coefficient (Wildman–Crippen LogP) is 1.53. The summed E-state index contributed by atoms with van der Waals surface area (Å²) >= 11 is 3.20. The van der Waals surface area contributed by atoms with Crippen LogP contribution in [0.4, 0.5) is 0 Å². The summed E-state index contributed by atoms with van der Waals surface area (Å²) < 4.78 is 4.90. The van der Waals surface area contributed by atoms with Crippen LogP contribution in [0.25, 0.3) is 0 Å². The van der Waals surface area contributed by atoms with E-state index >= 15 is 0 Å². The minimum atomic E-state index is -0.314. The number of benzene rings is 1. The van der Waals surface area contributed by atoms with Crippen LogP contribution in [0.3, 0.4) is 0 Å². The van der Waals surface area contributed by atoms with Crippen molar-refractivity contribution in [3.8, 4) is 11.5 Å². The molecule has 2 N–H and O–H groups in total. The number of halogens is 1. The Balaban J connectivity index is 2.89. The van der Waals surface area contributed by atoms with E-state index in [-0.39, 0.29) is 17.2 Å². The molecule has 82 valence electrons. The Morgan fingerprint density at radius 2 is 2.33 bits per heavy atom. The van der Waals surface area contributed by atoms with Gasteiger partial charge in [-0.1, -0.05) is 22.0 Å². The van der Waals surface area contributed by atoms with Gasteiger partial charge in [0.1, 0.15) is 0 Å². The zero-order valence-corrected chi connectivity index (χ0v) is 9.87. The SMILES string of the molecule is COc1cccc(C(=O)NCCBr)c1O. The number of carbonyl (C=O) groups excluding carboxylic acids is 1. The molecule has 0 aliphatic heterocycles. The number of para-hydroxylation sites is 1. The number of amides is 1. The minimum absolute atomic E-state index is 0.132. The molecule has 0 aliphatic carbocycles. The Kier molecular flexibility index (Phi) is 4.42. The second kappa shape index (κ2) is 5.60. The number of phenols is 1. The van der Waals surface area contributed by atoms with Crippen molar-refractivity contribution >= 4 is 21.8 Å². The van der Waals surface area contributed by atoms with Gasteiger partial charge in [0.2, 0.25) is 0 Å². The summed E-state index contributed by atoms with van der Waals surface area (Å²) in [6.45, 7) is 0.509. The largest absolute Gasteiger partial charge is 0.504 e. The summed E-state index contributed by atoms with van der Waals surface area (Å²) in [4.78, 5) is 11.5. The summed E-state index contributed by atoms with van der Waals surface area (Å²) in [5.74, 6) is -0.153. The van der Waals surface area contributed by atoms with E-state index < -0.39 is 0 Å². The monoisotopic (exact) mass is 273 g/mol. The highest BCUT2D eigenvalue weighted by Gasteiger charge is 2.13. The third-order valence-electron chi connectivity index (χ3n) is 1.84. The first-order valence-electron chi connectivity index (χ1n) is 4.40. The molecule has 0 unspecified atom stereocenters. The fourth-order valence-electron chi connectivity index (χ4n) is 1.13. The molecule has 0 saturated heterocycles. The maximum Gasteiger partial charge on any atom is 0.255 e. The molecule has 1 aromatic carbocycles. The van der Waals surface area contributed by atoms with Crippen molar-refractivity contribution in [1.82, 2.24) is 5.32 Å². The first kappa shape index (κ1) is 11.8. The molecule has 0 saturated carbocycles. The standard InChI is InChI=1S/C10H12BrNO3/c1-15-8-4-2-3-7(9(8)13)10(14)12-6-5-11/h2-4,13H,5-6H2,1H3,(H,12,14). The molecule has 15 heavy (non-hydrogen) atoms. The van der Waals surface area contributed by atoms with Crippen molar-refractivity contribution in [1.29, 1.82) is 0 Å². The molecule has 0 atom stereocenters. The number of ether oxygens (including phenoxy) is 1. The highest BCUT2D eigenvalue weighted by atomic mass is 79.9. The first-order valence-corrected chi connectivity index (χ1v) is 5.53. The summed E-state index contributed by atoms with van der Waals surface area (Å²) in [6.07, 6.45) is 0. The minimum Gasteiger partial charge on any atom is -0.504 e. The highest BCUT2D eigenvalue weighted by Crippen LogP contribution is 2.28. The lowest BCUT2D eigenvalue weighted by Crippen LogP contribution is -2.25. The zero-order valence-electron chi connectivity index (χ0n) is 8.29. The molecule has 0 radical (unpaired) electrons. The lowest BCUT2D eigenvalue weighted by atomic mass is 10.1. The molecule has 1 aromatic rings. The molecule has 1 rings (SSSR count). The topological polar surface area (TPSA) is 58.6 Å². The van der Waals surface area contributed by atoms with Gasteiger partial charge in [-0.25, -0.2) is 0 Å². The van der Waals surface area contributed by atoms with Crippen molar-refractivity contribution in [2.75, 3.05) is 19.0 Å². The third-order valence-corrected chi connectivity index (χ3v) is 2.24. The van der Waals surface area contributed by atoms with Crippen LogP contribution in [0, 0.1) is 0 Å². The molecule has 1 amide bonds. The van der Waals surface area contributed by atoms with Gasteiger partial charge >= 0.3 is 0 Å². The lowest BCUT2D eigenvalue weighted by Gasteiger charge is -2.08. The number of hydrogen-bond acceptors (Lipinski definition) is 3. The molecule has 0 fully saturated rings. The Bertz CT molecular complexity index is 355. The molecule has 4 nitrogen and oxygen atoms in total. The van der Waals surface area contributed by atoms with Gasteiger partial charge in [0.25, 0.3) is 5.91 Å². The molecule has 0 aliphatic rings. The van der Waals surface area contributed by atoms with Crippen molar-refractivity contribution < 1.29 is 14.6 Å². The second-order valence-corrected chi connectivity index (χ2v) is 3.59. The molecular formula is C10H12BrNO3. The van der Waals surface area contributed by atoms with Gasteiger partial charge in [-0.2, -0.15) is 0 Å². The van der Waals surface area contributed by atoms with E-state index in [9.17, 15) is 9.90 Å². The second-order valence-electron chi connectivity index (χ2n) is 2.80. The van der Waals surface area contributed by atoms with E-state index in [1.165, 1.54) is 7.11 Å². The van der Waals surface area contributed by atoms with Crippen LogP contribution in [-0.4, -0.2) is 30.0 Å². The zero-order chi connectivity index (χ0) is 11.3. The first-order chi connectivity index (χ1) is 7.20. The van der Waals surface area contributed by atoms with Gasteiger partial charge in [0.05, 0.1) is 12.7 Å². The predicted molar refractivity (Wildman–Crippen MR) is 60.8 cm³/mol. The smallest absolute Gasteiger partial charge is 0.255 e. The van der Waals surface area contributed by atoms with Gasteiger partial charge in [-0.3, -0.25) is 4.79 Å². The fourth-order valence-corrected chi connectivity index (χ4v) is 1.32. The summed E-state index contributed by atoms with van der Waals surface area (Å²) in [5.41, 5.74) is 0.218. The average molecular weight is 274 g/mol. The quantitative estimate of drug-likeness (QED) is 0.818. The highest BCUT2D eigenvalue weighted by molar-refractivity contribution is 9.09. The average Bonchev–Trinajstić information content (AvgIpc) is 2.26. The van der Waals surface area contributed by atoms with Gasteiger partial charge in [-0.15, -0.1) is 0 Å². The van der Waals surface area contributed by atoms with Gasteiger partial charge in [-0.05, 0) is 12.1 Å². The normalized spacial score (nSPS) is 9.73. The molecular weight excluding hydrogens is 262 g/mol. The van der Waals surface area contributed by atoms with Crippen LogP contribution in [0.5, 0.6) is 11.5 Å². The molecule has 0 heterocycles.